The molecule has 3 aliphatic rings. The van der Waals surface area contributed by atoms with Gasteiger partial charge in [0, 0.05) is 31.7 Å². The molecule has 1 saturated heterocycles. The summed E-state index contributed by atoms with van der Waals surface area (Å²) in [7, 11) is 0. The van der Waals surface area contributed by atoms with Crippen molar-refractivity contribution in [3.05, 3.63) is 0 Å². The number of carbonyl (C=O) groups is 1. The summed E-state index contributed by atoms with van der Waals surface area (Å²) in [4.78, 5) is 14.5. The van der Waals surface area contributed by atoms with Crippen molar-refractivity contribution in [2.24, 2.45) is 17.8 Å². The summed E-state index contributed by atoms with van der Waals surface area (Å²) in [5, 5.41) is 6.64. The number of amides is 1. The zero-order valence-corrected chi connectivity index (χ0v) is 14.1. The summed E-state index contributed by atoms with van der Waals surface area (Å²) < 4.78 is 0. The van der Waals surface area contributed by atoms with Crippen LogP contribution < -0.4 is 10.6 Å². The molecule has 4 unspecified atom stereocenters. The maximum absolute atomic E-state index is 12.3. The highest BCUT2D eigenvalue weighted by Gasteiger charge is 2.42. The van der Waals surface area contributed by atoms with E-state index in [1.165, 1.54) is 25.7 Å². The van der Waals surface area contributed by atoms with Crippen LogP contribution in [0.3, 0.4) is 0 Å². The Balaban J connectivity index is 0.00000161. The van der Waals surface area contributed by atoms with Gasteiger partial charge in [-0.15, -0.1) is 12.4 Å². The fraction of sp³-hybridized carbons (Fsp3) is 0.938. The molecule has 0 aromatic heterocycles. The topological polar surface area (TPSA) is 44.4 Å². The van der Waals surface area contributed by atoms with Crippen LogP contribution in [0.4, 0.5) is 0 Å². The van der Waals surface area contributed by atoms with E-state index in [1.54, 1.807) is 0 Å². The summed E-state index contributed by atoms with van der Waals surface area (Å²) in [5.74, 6) is 2.79. The lowest BCUT2D eigenvalue weighted by Gasteiger charge is -2.34. The van der Waals surface area contributed by atoms with Crippen LogP contribution in [0.15, 0.2) is 0 Å². The molecule has 3 fully saturated rings. The maximum Gasteiger partial charge on any atom is 0.234 e. The first kappa shape index (κ1) is 17.0. The molecular formula is C16H30ClN3O. The van der Waals surface area contributed by atoms with Gasteiger partial charge in [0.2, 0.25) is 5.91 Å². The van der Waals surface area contributed by atoms with Crippen LogP contribution in [0.1, 0.15) is 39.5 Å². The van der Waals surface area contributed by atoms with E-state index in [0.29, 0.717) is 18.6 Å². The van der Waals surface area contributed by atoms with E-state index in [1.807, 2.05) is 0 Å². The second-order valence-electron chi connectivity index (χ2n) is 7.22. The van der Waals surface area contributed by atoms with Crippen molar-refractivity contribution in [1.82, 2.24) is 15.5 Å². The van der Waals surface area contributed by atoms with Gasteiger partial charge in [0.25, 0.3) is 0 Å². The number of halogens is 1. The highest BCUT2D eigenvalue weighted by atomic mass is 35.5. The molecule has 2 aliphatic carbocycles. The Morgan fingerprint density at radius 3 is 2.81 bits per heavy atom. The molecule has 2 N–H and O–H groups in total. The lowest BCUT2D eigenvalue weighted by molar-refractivity contribution is -0.124. The normalized spacial score (nSPS) is 37.0. The van der Waals surface area contributed by atoms with Crippen LogP contribution in [-0.4, -0.2) is 49.1 Å². The van der Waals surface area contributed by atoms with Gasteiger partial charge >= 0.3 is 0 Å². The molecule has 1 heterocycles. The average molecular weight is 316 g/mol. The molecule has 1 amide bonds. The zero-order chi connectivity index (χ0) is 14.1. The largest absolute Gasteiger partial charge is 0.352 e. The van der Waals surface area contributed by atoms with Crippen molar-refractivity contribution < 1.29 is 4.79 Å². The maximum atomic E-state index is 12.3. The Bertz CT molecular complexity index is 365. The van der Waals surface area contributed by atoms with E-state index in [4.69, 9.17) is 0 Å². The molecule has 4 nitrogen and oxygen atoms in total. The van der Waals surface area contributed by atoms with Crippen molar-refractivity contribution in [2.75, 3.05) is 26.2 Å². The van der Waals surface area contributed by atoms with E-state index in [-0.39, 0.29) is 18.3 Å². The molecule has 5 atom stereocenters. The number of piperazine rings is 1. The Morgan fingerprint density at radius 1 is 1.38 bits per heavy atom. The van der Waals surface area contributed by atoms with Gasteiger partial charge < -0.3 is 10.6 Å². The molecule has 1 aliphatic heterocycles. The number of rotatable bonds is 4. The third kappa shape index (κ3) is 3.91. The van der Waals surface area contributed by atoms with Crippen molar-refractivity contribution in [3.63, 3.8) is 0 Å². The molecule has 3 rings (SSSR count). The molecule has 21 heavy (non-hydrogen) atoms. The van der Waals surface area contributed by atoms with Gasteiger partial charge in [-0.3, -0.25) is 9.69 Å². The smallest absolute Gasteiger partial charge is 0.234 e. The molecule has 122 valence electrons. The monoisotopic (exact) mass is 315 g/mol. The van der Waals surface area contributed by atoms with Gasteiger partial charge in [0.05, 0.1) is 6.54 Å². The lowest BCUT2D eigenvalue weighted by atomic mass is 9.84. The summed E-state index contributed by atoms with van der Waals surface area (Å²) in [6, 6.07) is 0.823. The van der Waals surface area contributed by atoms with E-state index in [9.17, 15) is 4.79 Å². The molecule has 2 saturated carbocycles. The Kier molecular flexibility index (Phi) is 5.92. The summed E-state index contributed by atoms with van der Waals surface area (Å²) in [5.41, 5.74) is 0. The van der Waals surface area contributed by atoms with Gasteiger partial charge in [-0.1, -0.05) is 6.42 Å². The fourth-order valence-electron chi connectivity index (χ4n) is 4.62. The minimum atomic E-state index is 0. The predicted octanol–water partition coefficient (Wildman–Crippen LogP) is 1.64. The van der Waals surface area contributed by atoms with Gasteiger partial charge in [-0.2, -0.15) is 0 Å². The number of nitrogens with zero attached hydrogens (tertiary/aromatic N) is 1. The van der Waals surface area contributed by atoms with Gasteiger partial charge in [0.15, 0.2) is 0 Å². The van der Waals surface area contributed by atoms with Gasteiger partial charge in [-0.25, -0.2) is 0 Å². The highest BCUT2D eigenvalue weighted by molar-refractivity contribution is 5.85. The minimum Gasteiger partial charge on any atom is -0.352 e. The minimum absolute atomic E-state index is 0. The number of hydrogen-bond donors (Lipinski definition) is 2. The van der Waals surface area contributed by atoms with Crippen molar-refractivity contribution in [1.29, 1.82) is 0 Å². The SMILES string of the molecule is CC(NC(=O)CN1CCNC[C@@H]1C)C1CC2CCC1C2.Cl. The molecule has 0 aromatic rings. The predicted molar refractivity (Wildman–Crippen MR) is 87.7 cm³/mol. The lowest BCUT2D eigenvalue weighted by Crippen LogP contribution is -2.54. The van der Waals surface area contributed by atoms with Crippen molar-refractivity contribution in [2.45, 2.75) is 51.6 Å². The third-order valence-corrected chi connectivity index (χ3v) is 5.81. The second-order valence-corrected chi connectivity index (χ2v) is 7.22. The first-order valence-corrected chi connectivity index (χ1v) is 8.37. The number of nitrogens with one attached hydrogen (secondary N) is 2. The van der Waals surface area contributed by atoms with Gasteiger partial charge in [0.1, 0.15) is 0 Å². The van der Waals surface area contributed by atoms with Crippen LogP contribution in [0.2, 0.25) is 0 Å². The van der Waals surface area contributed by atoms with Crippen LogP contribution in [0.25, 0.3) is 0 Å². The van der Waals surface area contributed by atoms with E-state index in [2.05, 4.69) is 29.4 Å². The molecule has 5 heteroatoms. The molecule has 0 aromatic carbocycles. The van der Waals surface area contributed by atoms with Crippen LogP contribution in [0.5, 0.6) is 0 Å². The quantitative estimate of drug-likeness (QED) is 0.829. The van der Waals surface area contributed by atoms with E-state index >= 15 is 0 Å². The second kappa shape index (κ2) is 7.30. The first-order chi connectivity index (χ1) is 9.63. The van der Waals surface area contributed by atoms with Crippen LogP contribution >= 0.6 is 12.4 Å². The molecule has 0 spiro atoms. The van der Waals surface area contributed by atoms with Crippen molar-refractivity contribution in [3.8, 4) is 0 Å². The molecule has 2 bridgehead atoms. The molecular weight excluding hydrogens is 286 g/mol. The van der Waals surface area contributed by atoms with Crippen LogP contribution in [-0.2, 0) is 4.79 Å². The van der Waals surface area contributed by atoms with Crippen LogP contribution in [0, 0.1) is 17.8 Å². The van der Waals surface area contributed by atoms with Gasteiger partial charge in [-0.05, 0) is 50.9 Å². The summed E-state index contributed by atoms with van der Waals surface area (Å²) >= 11 is 0. The first-order valence-electron chi connectivity index (χ1n) is 8.37. The third-order valence-electron chi connectivity index (χ3n) is 5.81. The Morgan fingerprint density at radius 2 is 2.19 bits per heavy atom. The Hall–Kier alpha value is -0.320. The highest BCUT2D eigenvalue weighted by Crippen LogP contribution is 2.49. The zero-order valence-electron chi connectivity index (χ0n) is 13.3. The fourth-order valence-corrected chi connectivity index (χ4v) is 4.62. The number of hydrogen-bond acceptors (Lipinski definition) is 3. The number of carbonyl (C=O) groups excluding carboxylic acids is 1. The summed E-state index contributed by atoms with van der Waals surface area (Å²) in [6.45, 7) is 7.95. The molecule has 0 radical (unpaired) electrons. The Labute approximate surface area is 134 Å². The summed E-state index contributed by atoms with van der Waals surface area (Å²) in [6.07, 6.45) is 5.58. The van der Waals surface area contributed by atoms with Crippen molar-refractivity contribution >= 4 is 18.3 Å². The average Bonchev–Trinajstić information content (AvgIpc) is 3.03. The van der Waals surface area contributed by atoms with E-state index < -0.39 is 0 Å². The standard InChI is InChI=1S/C16H29N3O.ClH/c1-11-9-17-5-6-19(11)10-16(20)18-12(2)15-8-13-3-4-14(15)7-13;/h11-15,17H,3-10H2,1-2H3,(H,18,20);1H/t11-,12?,13?,14?,15?;/m0./s1. The van der Waals surface area contributed by atoms with E-state index in [0.717, 1.165) is 37.4 Å². The number of fused-ring (bicyclic) bond motifs is 2.